The summed E-state index contributed by atoms with van der Waals surface area (Å²) in [5, 5.41) is 6.93. The van der Waals surface area contributed by atoms with Crippen molar-refractivity contribution in [3.05, 3.63) is 80.6 Å². The zero-order chi connectivity index (χ0) is 18.5. The number of rotatable bonds is 5. The third-order valence-electron chi connectivity index (χ3n) is 4.15. The number of ether oxygens (including phenoxy) is 1. The first-order valence-electron chi connectivity index (χ1n) is 8.32. The molecule has 26 heavy (non-hydrogen) atoms. The summed E-state index contributed by atoms with van der Waals surface area (Å²) in [6.45, 7) is 2.13. The lowest BCUT2D eigenvalue weighted by Gasteiger charge is -2.10. The number of aromatic nitrogens is 2. The predicted octanol–water partition coefficient (Wildman–Crippen LogP) is 4.83. The van der Waals surface area contributed by atoms with E-state index in [0.29, 0.717) is 16.5 Å². The van der Waals surface area contributed by atoms with Crippen LogP contribution in [0, 0.1) is 0 Å². The van der Waals surface area contributed by atoms with E-state index in [1.807, 2.05) is 36.4 Å². The van der Waals surface area contributed by atoms with Crippen LogP contribution in [0.3, 0.4) is 0 Å². The molecule has 3 rings (SSSR count). The second-order valence-corrected chi connectivity index (χ2v) is 6.21. The fourth-order valence-corrected chi connectivity index (χ4v) is 3.02. The molecular weight excluding hydrogens is 348 g/mol. The molecule has 2 aromatic carbocycles. The molecule has 3 aromatic rings. The maximum absolute atomic E-state index is 11.8. The van der Waals surface area contributed by atoms with Crippen LogP contribution in [0.4, 0.5) is 0 Å². The highest BCUT2D eigenvalue weighted by molar-refractivity contribution is 6.31. The lowest BCUT2D eigenvalue weighted by Crippen LogP contribution is -2.08. The van der Waals surface area contributed by atoms with E-state index >= 15 is 0 Å². The number of aromatic amines is 1. The zero-order valence-electron chi connectivity index (χ0n) is 14.6. The van der Waals surface area contributed by atoms with Gasteiger partial charge in [-0.1, -0.05) is 61.0 Å². The second-order valence-electron chi connectivity index (χ2n) is 5.77. The highest BCUT2D eigenvalue weighted by Crippen LogP contribution is 2.32. The topological polar surface area (TPSA) is 55.0 Å². The Balaban J connectivity index is 2.12. The fourth-order valence-electron chi connectivity index (χ4n) is 2.85. The van der Waals surface area contributed by atoms with Gasteiger partial charge in [-0.05, 0) is 40.8 Å². The molecular formula is C21H19ClN2O2. The zero-order valence-corrected chi connectivity index (χ0v) is 15.4. The smallest absolute Gasteiger partial charge is 0.265 e. The average Bonchev–Trinajstić information content (AvgIpc) is 2.67. The van der Waals surface area contributed by atoms with E-state index in [4.69, 9.17) is 16.3 Å². The molecule has 0 bridgehead atoms. The third kappa shape index (κ3) is 3.86. The van der Waals surface area contributed by atoms with Gasteiger partial charge in [0.25, 0.3) is 5.56 Å². The number of methoxy groups -OCH3 is 1. The summed E-state index contributed by atoms with van der Waals surface area (Å²) in [5.41, 5.74) is 4.44. The van der Waals surface area contributed by atoms with Crippen LogP contribution in [-0.4, -0.2) is 17.3 Å². The van der Waals surface area contributed by atoms with Gasteiger partial charge in [0.15, 0.2) is 0 Å². The maximum atomic E-state index is 11.8. The van der Waals surface area contributed by atoms with Crippen molar-refractivity contribution >= 4 is 23.8 Å². The summed E-state index contributed by atoms with van der Waals surface area (Å²) in [6.07, 6.45) is 5.04. The van der Waals surface area contributed by atoms with E-state index in [0.717, 1.165) is 23.1 Å². The highest BCUT2D eigenvalue weighted by Gasteiger charge is 2.12. The SMILES string of the molecule is CCc1ccccc1C=Cc1ccc(Cl)cc1-c1cc(=O)[nH]nc1OC. The number of nitrogens with zero attached hydrogens (tertiary/aromatic N) is 1. The molecule has 5 heteroatoms. The minimum absolute atomic E-state index is 0.299. The van der Waals surface area contributed by atoms with Crippen LogP contribution in [-0.2, 0) is 6.42 Å². The monoisotopic (exact) mass is 366 g/mol. The Labute approximate surface area is 157 Å². The summed E-state index contributed by atoms with van der Waals surface area (Å²) in [6, 6.07) is 15.3. The van der Waals surface area contributed by atoms with Crippen molar-refractivity contribution in [2.24, 2.45) is 0 Å². The van der Waals surface area contributed by atoms with Crippen LogP contribution < -0.4 is 10.3 Å². The Morgan fingerprint density at radius 3 is 2.62 bits per heavy atom. The van der Waals surface area contributed by atoms with E-state index in [1.54, 1.807) is 0 Å². The number of halogens is 1. The van der Waals surface area contributed by atoms with Crippen molar-refractivity contribution in [2.45, 2.75) is 13.3 Å². The number of hydrogen-bond acceptors (Lipinski definition) is 3. The van der Waals surface area contributed by atoms with Gasteiger partial charge in [0, 0.05) is 11.1 Å². The van der Waals surface area contributed by atoms with Gasteiger partial charge in [-0.3, -0.25) is 4.79 Å². The van der Waals surface area contributed by atoms with Crippen LogP contribution in [0.15, 0.2) is 53.3 Å². The average molecular weight is 367 g/mol. The summed E-state index contributed by atoms with van der Waals surface area (Å²) in [7, 11) is 1.52. The normalized spacial score (nSPS) is 11.0. The molecule has 0 radical (unpaired) electrons. The van der Waals surface area contributed by atoms with Crippen LogP contribution >= 0.6 is 11.6 Å². The van der Waals surface area contributed by atoms with Gasteiger partial charge in [-0.2, -0.15) is 0 Å². The number of nitrogens with one attached hydrogen (secondary N) is 1. The first-order chi connectivity index (χ1) is 12.6. The van der Waals surface area contributed by atoms with Crippen molar-refractivity contribution < 1.29 is 4.74 Å². The summed E-state index contributed by atoms with van der Waals surface area (Å²) in [4.78, 5) is 11.8. The summed E-state index contributed by atoms with van der Waals surface area (Å²) in [5.74, 6) is 0.343. The Morgan fingerprint density at radius 1 is 1.08 bits per heavy atom. The molecule has 4 nitrogen and oxygen atoms in total. The van der Waals surface area contributed by atoms with Gasteiger partial charge in [-0.15, -0.1) is 5.10 Å². The van der Waals surface area contributed by atoms with Crippen molar-refractivity contribution in [2.75, 3.05) is 7.11 Å². The van der Waals surface area contributed by atoms with Gasteiger partial charge in [-0.25, -0.2) is 5.10 Å². The Kier molecular flexibility index (Phi) is 5.54. The molecule has 0 aliphatic carbocycles. The molecule has 0 spiro atoms. The van der Waals surface area contributed by atoms with Gasteiger partial charge < -0.3 is 4.74 Å². The number of benzene rings is 2. The largest absolute Gasteiger partial charge is 0.480 e. The van der Waals surface area contributed by atoms with E-state index in [-0.39, 0.29) is 5.56 Å². The van der Waals surface area contributed by atoms with Gasteiger partial charge >= 0.3 is 0 Å². The van der Waals surface area contributed by atoms with Gasteiger partial charge in [0.1, 0.15) is 0 Å². The Hall–Kier alpha value is -2.85. The number of hydrogen-bond donors (Lipinski definition) is 1. The lowest BCUT2D eigenvalue weighted by atomic mass is 9.98. The fraction of sp³-hybridized carbons (Fsp3) is 0.143. The Bertz CT molecular complexity index is 1010. The van der Waals surface area contributed by atoms with Crippen LogP contribution in [0.5, 0.6) is 5.88 Å². The van der Waals surface area contributed by atoms with Gasteiger partial charge in [0.05, 0.1) is 12.7 Å². The van der Waals surface area contributed by atoms with Crippen LogP contribution in [0.2, 0.25) is 5.02 Å². The first-order valence-corrected chi connectivity index (χ1v) is 8.69. The van der Waals surface area contributed by atoms with E-state index in [2.05, 4.69) is 35.3 Å². The molecule has 0 atom stereocenters. The number of H-pyrrole nitrogens is 1. The first kappa shape index (κ1) is 18.0. The van der Waals surface area contributed by atoms with Crippen molar-refractivity contribution in [1.29, 1.82) is 0 Å². The van der Waals surface area contributed by atoms with Crippen LogP contribution in [0.25, 0.3) is 23.3 Å². The molecule has 0 unspecified atom stereocenters. The Morgan fingerprint density at radius 2 is 1.85 bits per heavy atom. The summed E-state index contributed by atoms with van der Waals surface area (Å²) >= 11 is 6.20. The molecule has 0 saturated carbocycles. The molecule has 1 N–H and O–H groups in total. The number of aryl methyl sites for hydroxylation is 1. The molecule has 0 fully saturated rings. The predicted molar refractivity (Wildman–Crippen MR) is 107 cm³/mol. The van der Waals surface area contributed by atoms with E-state index in [9.17, 15) is 4.79 Å². The molecule has 1 heterocycles. The van der Waals surface area contributed by atoms with Crippen LogP contribution in [0.1, 0.15) is 23.6 Å². The van der Waals surface area contributed by atoms with Gasteiger partial charge in [0.2, 0.25) is 5.88 Å². The van der Waals surface area contributed by atoms with Crippen molar-refractivity contribution in [1.82, 2.24) is 10.2 Å². The van der Waals surface area contributed by atoms with Crippen molar-refractivity contribution in [3.8, 4) is 17.0 Å². The van der Waals surface area contributed by atoms with Crippen molar-refractivity contribution in [3.63, 3.8) is 0 Å². The quantitative estimate of drug-likeness (QED) is 0.658. The standard InChI is InChI=1S/C21H19ClN2O2/c1-3-14-6-4-5-7-15(14)8-9-16-10-11-17(22)12-18(16)19-13-20(25)23-24-21(19)26-2/h4-13H,3H2,1-2H3,(H,23,25). The molecule has 132 valence electrons. The molecule has 0 aliphatic rings. The lowest BCUT2D eigenvalue weighted by molar-refractivity contribution is 0.393. The van der Waals surface area contributed by atoms with E-state index in [1.165, 1.54) is 18.7 Å². The summed E-state index contributed by atoms with van der Waals surface area (Å²) < 4.78 is 5.30. The minimum atomic E-state index is -0.299. The second kappa shape index (κ2) is 8.02. The minimum Gasteiger partial charge on any atom is -0.480 e. The molecule has 0 amide bonds. The molecule has 0 aliphatic heterocycles. The molecule has 1 aromatic heterocycles. The molecule has 0 saturated heterocycles. The third-order valence-corrected chi connectivity index (χ3v) is 4.39. The van der Waals surface area contributed by atoms with E-state index < -0.39 is 0 Å². The maximum Gasteiger partial charge on any atom is 0.265 e. The highest BCUT2D eigenvalue weighted by atomic mass is 35.5.